The van der Waals surface area contributed by atoms with Crippen LogP contribution >= 0.6 is 0 Å². The third kappa shape index (κ3) is 4.79. The molecule has 3 nitrogen and oxygen atoms in total. The average molecular weight is 210 g/mol. The predicted molar refractivity (Wildman–Crippen MR) is 64.3 cm³/mol. The molecule has 15 heavy (non-hydrogen) atoms. The van der Waals surface area contributed by atoms with Gasteiger partial charge in [0.05, 0.1) is 7.11 Å². The van der Waals surface area contributed by atoms with Crippen molar-refractivity contribution in [2.75, 3.05) is 21.2 Å². The Morgan fingerprint density at radius 2 is 1.87 bits per heavy atom. The molecular formula is C12H22N2O. The van der Waals surface area contributed by atoms with Crippen molar-refractivity contribution in [3.8, 4) is 5.88 Å². The number of nitrogens with zero attached hydrogens (tertiary/aromatic N) is 2. The summed E-state index contributed by atoms with van der Waals surface area (Å²) in [7, 11) is 5.71. The predicted octanol–water partition coefficient (Wildman–Crippen LogP) is 2.49. The van der Waals surface area contributed by atoms with Crippen LogP contribution in [0.3, 0.4) is 0 Å². The second-order valence-electron chi connectivity index (χ2n) is 3.36. The molecule has 1 heterocycles. The third-order valence-corrected chi connectivity index (χ3v) is 1.76. The van der Waals surface area contributed by atoms with E-state index < -0.39 is 0 Å². The molecular weight excluding hydrogens is 188 g/mol. The van der Waals surface area contributed by atoms with Crippen LogP contribution in [-0.2, 0) is 6.54 Å². The first-order chi connectivity index (χ1) is 7.13. The highest BCUT2D eigenvalue weighted by Crippen LogP contribution is 2.16. The number of aromatic nitrogens is 1. The van der Waals surface area contributed by atoms with Gasteiger partial charge in [-0.05, 0) is 27.1 Å². The largest absolute Gasteiger partial charge is 0.481 e. The third-order valence-electron chi connectivity index (χ3n) is 1.76. The summed E-state index contributed by atoms with van der Waals surface area (Å²) in [5.41, 5.74) is 2.11. The lowest BCUT2D eigenvalue weighted by Crippen LogP contribution is -2.12. The van der Waals surface area contributed by atoms with Crippen LogP contribution in [0.15, 0.2) is 12.1 Å². The van der Waals surface area contributed by atoms with Gasteiger partial charge in [0, 0.05) is 17.8 Å². The lowest BCUT2D eigenvalue weighted by molar-refractivity contribution is 0.361. The van der Waals surface area contributed by atoms with E-state index >= 15 is 0 Å². The molecule has 0 aliphatic carbocycles. The molecule has 1 rings (SSSR count). The normalized spacial score (nSPS) is 9.53. The fraction of sp³-hybridized carbons (Fsp3) is 0.583. The standard InChI is InChI=1S/C10H16N2O.C2H6/c1-8-5-6-9(7-12(2)3)10(11-8)13-4;1-2/h5-6H,7H2,1-4H3;1-2H3. The van der Waals surface area contributed by atoms with Gasteiger partial charge in [-0.2, -0.15) is 0 Å². The van der Waals surface area contributed by atoms with Gasteiger partial charge in [-0.25, -0.2) is 4.98 Å². The molecule has 1 aromatic rings. The Kier molecular flexibility index (Phi) is 6.71. The Balaban J connectivity index is 0.000000921. The van der Waals surface area contributed by atoms with E-state index in [0.717, 1.165) is 23.7 Å². The summed E-state index contributed by atoms with van der Waals surface area (Å²) in [4.78, 5) is 6.39. The van der Waals surface area contributed by atoms with Gasteiger partial charge in [-0.15, -0.1) is 0 Å². The summed E-state index contributed by atoms with van der Waals surface area (Å²) in [5.74, 6) is 0.730. The molecule has 3 heteroatoms. The lowest BCUT2D eigenvalue weighted by atomic mass is 10.2. The highest BCUT2D eigenvalue weighted by molar-refractivity contribution is 5.27. The Bertz CT molecular complexity index is 285. The van der Waals surface area contributed by atoms with Gasteiger partial charge < -0.3 is 9.64 Å². The van der Waals surface area contributed by atoms with Gasteiger partial charge in [-0.3, -0.25) is 0 Å². The van der Waals surface area contributed by atoms with Crippen molar-refractivity contribution in [1.29, 1.82) is 0 Å². The summed E-state index contributed by atoms with van der Waals surface area (Å²) in [6.45, 7) is 6.82. The van der Waals surface area contributed by atoms with Gasteiger partial charge in [-0.1, -0.05) is 19.9 Å². The first kappa shape index (κ1) is 13.9. The van der Waals surface area contributed by atoms with Gasteiger partial charge in [0.2, 0.25) is 5.88 Å². The van der Waals surface area contributed by atoms with Crippen molar-refractivity contribution >= 4 is 0 Å². The van der Waals surface area contributed by atoms with E-state index in [0.29, 0.717) is 0 Å². The van der Waals surface area contributed by atoms with E-state index in [2.05, 4.69) is 16.0 Å². The van der Waals surface area contributed by atoms with Crippen LogP contribution in [0.25, 0.3) is 0 Å². The Morgan fingerprint density at radius 3 is 2.33 bits per heavy atom. The van der Waals surface area contributed by atoms with Crippen molar-refractivity contribution in [2.24, 2.45) is 0 Å². The minimum absolute atomic E-state index is 0.730. The molecule has 0 atom stereocenters. The Morgan fingerprint density at radius 1 is 1.27 bits per heavy atom. The van der Waals surface area contributed by atoms with E-state index in [1.54, 1.807) is 7.11 Å². The van der Waals surface area contributed by atoms with Gasteiger partial charge in [0.1, 0.15) is 0 Å². The van der Waals surface area contributed by atoms with Crippen LogP contribution in [0.5, 0.6) is 5.88 Å². The summed E-state index contributed by atoms with van der Waals surface area (Å²) in [6, 6.07) is 4.06. The van der Waals surface area contributed by atoms with Crippen LogP contribution in [0.4, 0.5) is 0 Å². The molecule has 0 aromatic carbocycles. The molecule has 86 valence electrons. The molecule has 0 amide bonds. The lowest BCUT2D eigenvalue weighted by Gasteiger charge is -2.12. The van der Waals surface area contributed by atoms with E-state index in [1.807, 2.05) is 40.9 Å². The van der Waals surface area contributed by atoms with E-state index in [-0.39, 0.29) is 0 Å². The average Bonchev–Trinajstić information content (AvgIpc) is 2.23. The van der Waals surface area contributed by atoms with Gasteiger partial charge in [0.15, 0.2) is 0 Å². The molecule has 0 radical (unpaired) electrons. The first-order valence-corrected chi connectivity index (χ1v) is 5.28. The van der Waals surface area contributed by atoms with Gasteiger partial charge in [0.25, 0.3) is 0 Å². The van der Waals surface area contributed by atoms with Crippen LogP contribution < -0.4 is 4.74 Å². The molecule has 1 aromatic heterocycles. The van der Waals surface area contributed by atoms with Crippen LogP contribution in [0.1, 0.15) is 25.1 Å². The minimum Gasteiger partial charge on any atom is -0.481 e. The highest BCUT2D eigenvalue weighted by atomic mass is 16.5. The maximum absolute atomic E-state index is 5.19. The zero-order valence-electron chi connectivity index (χ0n) is 10.7. The number of ether oxygens (including phenoxy) is 1. The second-order valence-corrected chi connectivity index (χ2v) is 3.36. The molecule has 0 saturated heterocycles. The fourth-order valence-electron chi connectivity index (χ4n) is 1.20. The summed E-state index contributed by atoms with van der Waals surface area (Å²) in [5, 5.41) is 0. The van der Waals surface area contributed by atoms with E-state index in [9.17, 15) is 0 Å². The topological polar surface area (TPSA) is 25.4 Å². The highest BCUT2D eigenvalue weighted by Gasteiger charge is 2.04. The maximum atomic E-state index is 5.19. The fourth-order valence-corrected chi connectivity index (χ4v) is 1.20. The van der Waals surface area contributed by atoms with Crippen molar-refractivity contribution < 1.29 is 4.74 Å². The Labute approximate surface area is 93.1 Å². The number of aryl methyl sites for hydroxylation is 1. The number of pyridine rings is 1. The zero-order chi connectivity index (χ0) is 11.8. The first-order valence-electron chi connectivity index (χ1n) is 5.28. The molecule has 0 aliphatic heterocycles. The van der Waals surface area contributed by atoms with Crippen LogP contribution in [0.2, 0.25) is 0 Å². The number of methoxy groups -OCH3 is 1. The van der Waals surface area contributed by atoms with Crippen LogP contribution in [0, 0.1) is 6.92 Å². The van der Waals surface area contributed by atoms with E-state index in [1.165, 1.54) is 0 Å². The molecule has 0 bridgehead atoms. The van der Waals surface area contributed by atoms with Crippen molar-refractivity contribution in [3.63, 3.8) is 0 Å². The monoisotopic (exact) mass is 210 g/mol. The number of hydrogen-bond donors (Lipinski definition) is 0. The molecule has 0 N–H and O–H groups in total. The van der Waals surface area contributed by atoms with Crippen molar-refractivity contribution in [1.82, 2.24) is 9.88 Å². The summed E-state index contributed by atoms with van der Waals surface area (Å²) < 4.78 is 5.19. The van der Waals surface area contributed by atoms with Crippen LogP contribution in [-0.4, -0.2) is 31.1 Å². The number of hydrogen-bond acceptors (Lipinski definition) is 3. The molecule has 0 saturated carbocycles. The second kappa shape index (κ2) is 7.23. The molecule has 0 spiro atoms. The van der Waals surface area contributed by atoms with E-state index in [4.69, 9.17) is 4.74 Å². The summed E-state index contributed by atoms with van der Waals surface area (Å²) in [6.07, 6.45) is 0. The SMILES string of the molecule is CC.COc1nc(C)ccc1CN(C)C. The van der Waals surface area contributed by atoms with Gasteiger partial charge >= 0.3 is 0 Å². The maximum Gasteiger partial charge on any atom is 0.217 e. The molecule has 0 fully saturated rings. The Hall–Kier alpha value is -1.09. The molecule has 0 unspecified atom stereocenters. The molecule has 0 aliphatic rings. The zero-order valence-corrected chi connectivity index (χ0v) is 10.7. The van der Waals surface area contributed by atoms with Crippen molar-refractivity contribution in [2.45, 2.75) is 27.3 Å². The summed E-state index contributed by atoms with van der Waals surface area (Å²) >= 11 is 0. The minimum atomic E-state index is 0.730. The smallest absolute Gasteiger partial charge is 0.217 e. The van der Waals surface area contributed by atoms with Crippen molar-refractivity contribution in [3.05, 3.63) is 23.4 Å². The quantitative estimate of drug-likeness (QED) is 0.766. The number of rotatable bonds is 3.